The smallest absolute Gasteiger partial charge is 0.0973 e. The third kappa shape index (κ3) is 4.49. The number of rotatable bonds is 5. The zero-order valence-electron chi connectivity index (χ0n) is 10.0. The van der Waals surface area contributed by atoms with E-state index in [0.29, 0.717) is 12.7 Å². The van der Waals surface area contributed by atoms with Crippen LogP contribution in [0.5, 0.6) is 0 Å². The van der Waals surface area contributed by atoms with E-state index in [1.54, 1.807) is 6.92 Å². The molecule has 3 nitrogen and oxygen atoms in total. The van der Waals surface area contributed by atoms with E-state index in [0.717, 1.165) is 18.8 Å². The maximum Gasteiger partial charge on any atom is 0.0973 e. The summed E-state index contributed by atoms with van der Waals surface area (Å²) in [6.07, 6.45) is 6.46. The molecule has 1 saturated carbocycles. The quantitative estimate of drug-likeness (QED) is 0.733. The van der Waals surface area contributed by atoms with Crippen molar-refractivity contribution in [3.63, 3.8) is 0 Å². The fourth-order valence-corrected chi connectivity index (χ4v) is 2.12. The summed E-state index contributed by atoms with van der Waals surface area (Å²) in [5, 5.41) is 9.73. The second kappa shape index (κ2) is 5.83. The second-order valence-corrected chi connectivity index (χ2v) is 5.07. The third-order valence-corrected chi connectivity index (χ3v) is 3.38. The fourth-order valence-electron chi connectivity index (χ4n) is 2.12. The highest BCUT2D eigenvalue weighted by molar-refractivity contribution is 4.76. The van der Waals surface area contributed by atoms with Crippen LogP contribution in [-0.2, 0) is 4.74 Å². The lowest BCUT2D eigenvalue weighted by molar-refractivity contribution is -0.0726. The fraction of sp³-hybridized carbons (Fsp3) is 1.00. The highest BCUT2D eigenvalue weighted by Gasteiger charge is 2.25. The zero-order chi connectivity index (χ0) is 11.3. The van der Waals surface area contributed by atoms with Gasteiger partial charge in [-0.25, -0.2) is 0 Å². The minimum Gasteiger partial charge on any atom is -0.386 e. The van der Waals surface area contributed by atoms with Crippen molar-refractivity contribution >= 4 is 0 Å². The maximum atomic E-state index is 9.73. The standard InChI is InChI=1S/C12H25NO2/c1-3-10-5-4-6-11(7-10)15-9-12(2,14)8-13/h10-11,14H,3-9,13H2,1-2H3. The predicted molar refractivity (Wildman–Crippen MR) is 61.7 cm³/mol. The SMILES string of the molecule is CCC1CCCC(OCC(C)(O)CN)C1. The van der Waals surface area contributed by atoms with Crippen LogP contribution in [0.3, 0.4) is 0 Å². The molecule has 1 rings (SSSR count). The molecule has 3 N–H and O–H groups in total. The molecule has 0 saturated heterocycles. The normalized spacial score (nSPS) is 31.2. The van der Waals surface area contributed by atoms with Gasteiger partial charge in [-0.15, -0.1) is 0 Å². The molecule has 0 aliphatic heterocycles. The molecule has 1 aliphatic carbocycles. The van der Waals surface area contributed by atoms with E-state index in [1.165, 1.54) is 19.3 Å². The van der Waals surface area contributed by atoms with E-state index in [-0.39, 0.29) is 6.54 Å². The van der Waals surface area contributed by atoms with Gasteiger partial charge in [0.2, 0.25) is 0 Å². The van der Waals surface area contributed by atoms with Crippen molar-refractivity contribution in [2.45, 2.75) is 57.7 Å². The van der Waals surface area contributed by atoms with Gasteiger partial charge in [-0.1, -0.05) is 26.2 Å². The van der Waals surface area contributed by atoms with Gasteiger partial charge < -0.3 is 15.6 Å². The van der Waals surface area contributed by atoms with Gasteiger partial charge in [-0.3, -0.25) is 0 Å². The molecule has 15 heavy (non-hydrogen) atoms. The van der Waals surface area contributed by atoms with Crippen molar-refractivity contribution in [2.24, 2.45) is 11.7 Å². The first-order valence-corrected chi connectivity index (χ1v) is 6.11. The van der Waals surface area contributed by atoms with Crippen LogP contribution in [0.4, 0.5) is 0 Å². The molecule has 0 aromatic rings. The first-order chi connectivity index (χ1) is 7.07. The number of nitrogens with two attached hydrogens (primary N) is 1. The zero-order valence-corrected chi connectivity index (χ0v) is 10.0. The Morgan fingerprint density at radius 1 is 1.47 bits per heavy atom. The molecule has 1 aliphatic rings. The molecule has 3 unspecified atom stereocenters. The van der Waals surface area contributed by atoms with Gasteiger partial charge >= 0.3 is 0 Å². The topological polar surface area (TPSA) is 55.5 Å². The summed E-state index contributed by atoms with van der Waals surface area (Å²) in [4.78, 5) is 0. The molecule has 90 valence electrons. The van der Waals surface area contributed by atoms with Gasteiger partial charge in [0.1, 0.15) is 0 Å². The van der Waals surface area contributed by atoms with Crippen LogP contribution in [0.25, 0.3) is 0 Å². The molecular formula is C12H25NO2. The Bertz CT molecular complexity index is 182. The summed E-state index contributed by atoms with van der Waals surface area (Å²) in [7, 11) is 0. The molecule has 0 bridgehead atoms. The summed E-state index contributed by atoms with van der Waals surface area (Å²) in [6, 6.07) is 0. The summed E-state index contributed by atoms with van der Waals surface area (Å²) < 4.78 is 5.74. The average Bonchev–Trinajstić information content (AvgIpc) is 2.27. The number of aliphatic hydroxyl groups is 1. The van der Waals surface area contributed by atoms with Gasteiger partial charge in [0.15, 0.2) is 0 Å². The number of hydrogen-bond acceptors (Lipinski definition) is 3. The highest BCUT2D eigenvalue weighted by Crippen LogP contribution is 2.28. The first kappa shape index (κ1) is 12.9. The van der Waals surface area contributed by atoms with Crippen LogP contribution in [0, 0.1) is 5.92 Å². The van der Waals surface area contributed by atoms with Crippen molar-refractivity contribution in [3.05, 3.63) is 0 Å². The van der Waals surface area contributed by atoms with Gasteiger partial charge in [-0.2, -0.15) is 0 Å². The van der Waals surface area contributed by atoms with Crippen LogP contribution in [0.15, 0.2) is 0 Å². The van der Waals surface area contributed by atoms with Crippen molar-refractivity contribution in [1.82, 2.24) is 0 Å². The Labute approximate surface area is 93.0 Å². The van der Waals surface area contributed by atoms with Crippen LogP contribution >= 0.6 is 0 Å². The molecule has 1 fully saturated rings. The van der Waals surface area contributed by atoms with E-state index in [4.69, 9.17) is 10.5 Å². The van der Waals surface area contributed by atoms with Gasteiger partial charge in [0.05, 0.1) is 18.3 Å². The van der Waals surface area contributed by atoms with Gasteiger partial charge in [-0.05, 0) is 25.7 Å². The van der Waals surface area contributed by atoms with E-state index in [2.05, 4.69) is 6.92 Å². The summed E-state index contributed by atoms with van der Waals surface area (Å²) in [5.74, 6) is 0.812. The van der Waals surface area contributed by atoms with E-state index >= 15 is 0 Å². The molecule has 0 radical (unpaired) electrons. The van der Waals surface area contributed by atoms with Crippen molar-refractivity contribution in [3.8, 4) is 0 Å². The third-order valence-electron chi connectivity index (χ3n) is 3.38. The Morgan fingerprint density at radius 2 is 2.20 bits per heavy atom. The average molecular weight is 215 g/mol. The number of ether oxygens (including phenoxy) is 1. The Balaban J connectivity index is 2.26. The largest absolute Gasteiger partial charge is 0.386 e. The van der Waals surface area contributed by atoms with Crippen molar-refractivity contribution < 1.29 is 9.84 Å². The summed E-state index contributed by atoms with van der Waals surface area (Å²) in [6.45, 7) is 4.59. The van der Waals surface area contributed by atoms with E-state index in [1.807, 2.05) is 0 Å². The first-order valence-electron chi connectivity index (χ1n) is 6.11. The van der Waals surface area contributed by atoms with E-state index < -0.39 is 5.60 Å². The molecule has 0 heterocycles. The van der Waals surface area contributed by atoms with Crippen molar-refractivity contribution in [2.75, 3.05) is 13.2 Å². The lowest BCUT2D eigenvalue weighted by Crippen LogP contribution is -2.41. The molecule has 0 spiro atoms. The molecular weight excluding hydrogens is 190 g/mol. The van der Waals surface area contributed by atoms with E-state index in [9.17, 15) is 5.11 Å². The van der Waals surface area contributed by atoms with Crippen LogP contribution in [0.2, 0.25) is 0 Å². The van der Waals surface area contributed by atoms with Gasteiger partial charge in [0.25, 0.3) is 0 Å². The van der Waals surface area contributed by atoms with Crippen LogP contribution < -0.4 is 5.73 Å². The lowest BCUT2D eigenvalue weighted by Gasteiger charge is -2.31. The van der Waals surface area contributed by atoms with Crippen molar-refractivity contribution in [1.29, 1.82) is 0 Å². The molecule has 0 aromatic carbocycles. The molecule has 3 atom stereocenters. The Hall–Kier alpha value is -0.120. The monoisotopic (exact) mass is 215 g/mol. The summed E-state index contributed by atoms with van der Waals surface area (Å²) in [5.41, 5.74) is 4.58. The second-order valence-electron chi connectivity index (χ2n) is 5.07. The van der Waals surface area contributed by atoms with Gasteiger partial charge in [0, 0.05) is 6.54 Å². The minimum atomic E-state index is -0.862. The Kier molecular flexibility index (Phi) is 5.03. The van der Waals surface area contributed by atoms with Crippen LogP contribution in [0.1, 0.15) is 46.0 Å². The molecule has 3 heteroatoms. The lowest BCUT2D eigenvalue weighted by atomic mass is 9.85. The maximum absolute atomic E-state index is 9.73. The predicted octanol–water partition coefficient (Wildman–Crippen LogP) is 1.68. The Morgan fingerprint density at radius 3 is 2.80 bits per heavy atom. The molecule has 0 amide bonds. The molecule has 0 aromatic heterocycles. The number of hydrogen-bond donors (Lipinski definition) is 2. The highest BCUT2D eigenvalue weighted by atomic mass is 16.5. The van der Waals surface area contributed by atoms with Crippen LogP contribution in [-0.4, -0.2) is 30.0 Å². The minimum absolute atomic E-state index is 0.261. The summed E-state index contributed by atoms with van der Waals surface area (Å²) >= 11 is 0.